The van der Waals surface area contributed by atoms with Gasteiger partial charge in [-0.05, 0) is 12.1 Å². The van der Waals surface area contributed by atoms with Crippen LogP contribution >= 0.6 is 0 Å². The van der Waals surface area contributed by atoms with E-state index >= 15 is 0 Å². The Kier molecular flexibility index (Phi) is 2.98. The zero-order chi connectivity index (χ0) is 11.5. The van der Waals surface area contributed by atoms with Gasteiger partial charge in [0.2, 0.25) is 6.29 Å². The van der Waals surface area contributed by atoms with Crippen molar-refractivity contribution in [2.45, 2.75) is 6.29 Å². The third-order valence-electron chi connectivity index (χ3n) is 2.28. The Morgan fingerprint density at radius 3 is 2.62 bits per heavy atom. The van der Waals surface area contributed by atoms with Crippen LogP contribution in [0.5, 0.6) is 0 Å². The highest BCUT2D eigenvalue weighted by Crippen LogP contribution is 2.13. The molecule has 0 bridgehead atoms. The molecule has 0 aliphatic carbocycles. The first-order chi connectivity index (χ1) is 7.76. The number of fused-ring (bicyclic) bond motifs is 1. The zero-order valence-electron chi connectivity index (χ0n) is 9.06. The van der Waals surface area contributed by atoms with E-state index in [2.05, 4.69) is 9.97 Å². The number of aromatic amines is 1. The summed E-state index contributed by atoms with van der Waals surface area (Å²) in [4.78, 5) is 18.7. The second kappa shape index (κ2) is 4.42. The minimum atomic E-state index is -0.742. The molecule has 0 radical (unpaired) electrons. The largest absolute Gasteiger partial charge is 0.350 e. The van der Waals surface area contributed by atoms with Gasteiger partial charge in [0.1, 0.15) is 0 Å². The molecule has 0 aliphatic heterocycles. The van der Waals surface area contributed by atoms with Crippen molar-refractivity contribution in [3.8, 4) is 0 Å². The van der Waals surface area contributed by atoms with Crippen LogP contribution in [0.4, 0.5) is 0 Å². The van der Waals surface area contributed by atoms with Gasteiger partial charge in [-0.2, -0.15) is 0 Å². The molecule has 0 spiro atoms. The molecule has 0 saturated carbocycles. The lowest BCUT2D eigenvalue weighted by molar-refractivity contribution is -0.109. The predicted molar refractivity (Wildman–Crippen MR) is 59.1 cm³/mol. The third-order valence-corrected chi connectivity index (χ3v) is 2.28. The van der Waals surface area contributed by atoms with Gasteiger partial charge >= 0.3 is 0 Å². The van der Waals surface area contributed by atoms with Gasteiger partial charge in [-0.3, -0.25) is 4.79 Å². The number of benzene rings is 1. The van der Waals surface area contributed by atoms with Gasteiger partial charge in [0.05, 0.1) is 11.0 Å². The molecule has 16 heavy (non-hydrogen) atoms. The first-order valence-corrected chi connectivity index (χ1v) is 4.81. The molecule has 1 heterocycles. The van der Waals surface area contributed by atoms with Crippen LogP contribution in [0.1, 0.15) is 12.0 Å². The highest BCUT2D eigenvalue weighted by molar-refractivity contribution is 5.73. The topological polar surface area (TPSA) is 64.2 Å². The molecule has 0 atom stereocenters. The maximum atomic E-state index is 11.7. The maximum Gasteiger partial charge on any atom is 0.275 e. The highest BCUT2D eigenvalue weighted by Gasteiger charge is 2.15. The van der Waals surface area contributed by atoms with Gasteiger partial charge in [-0.1, -0.05) is 12.1 Å². The van der Waals surface area contributed by atoms with Crippen molar-refractivity contribution in [2.24, 2.45) is 0 Å². The average molecular weight is 220 g/mol. The van der Waals surface area contributed by atoms with Crippen LogP contribution in [0.25, 0.3) is 11.0 Å². The van der Waals surface area contributed by atoms with Crippen molar-refractivity contribution >= 4 is 11.0 Å². The summed E-state index contributed by atoms with van der Waals surface area (Å²) in [6.45, 7) is 0. The van der Waals surface area contributed by atoms with E-state index in [0.29, 0.717) is 11.0 Å². The fraction of sp³-hybridized carbons (Fsp3) is 0.273. The van der Waals surface area contributed by atoms with Gasteiger partial charge in [0, 0.05) is 14.2 Å². The summed E-state index contributed by atoms with van der Waals surface area (Å²) in [5.41, 5.74) is 1.33. The number of rotatable bonds is 3. The van der Waals surface area contributed by atoms with Gasteiger partial charge in [-0.25, -0.2) is 4.98 Å². The fourth-order valence-corrected chi connectivity index (χ4v) is 1.52. The molecule has 0 saturated heterocycles. The van der Waals surface area contributed by atoms with Crippen LogP contribution in [-0.4, -0.2) is 24.2 Å². The minimum Gasteiger partial charge on any atom is -0.350 e. The zero-order valence-corrected chi connectivity index (χ0v) is 9.06. The van der Waals surface area contributed by atoms with Crippen LogP contribution in [0.2, 0.25) is 0 Å². The molecule has 1 aromatic carbocycles. The van der Waals surface area contributed by atoms with E-state index in [9.17, 15) is 4.79 Å². The SMILES string of the molecule is COC(OC)c1nc2ccccc2[nH]c1=O. The maximum absolute atomic E-state index is 11.7. The van der Waals surface area contributed by atoms with E-state index in [1.807, 2.05) is 18.2 Å². The van der Waals surface area contributed by atoms with Crippen molar-refractivity contribution in [1.29, 1.82) is 0 Å². The first kappa shape index (κ1) is 10.8. The molecule has 1 aromatic heterocycles. The number of ether oxygens (including phenoxy) is 2. The first-order valence-electron chi connectivity index (χ1n) is 4.81. The number of nitrogens with zero attached hydrogens (tertiary/aromatic N) is 1. The van der Waals surface area contributed by atoms with Crippen LogP contribution in [0.3, 0.4) is 0 Å². The molecule has 5 nitrogen and oxygen atoms in total. The third kappa shape index (κ3) is 1.82. The number of aromatic nitrogens is 2. The molecular formula is C11H12N2O3. The lowest BCUT2D eigenvalue weighted by atomic mass is 10.3. The summed E-state index contributed by atoms with van der Waals surface area (Å²) in [7, 11) is 2.93. The van der Waals surface area contributed by atoms with Crippen LogP contribution in [-0.2, 0) is 9.47 Å². The average Bonchev–Trinajstić information content (AvgIpc) is 2.31. The van der Waals surface area contributed by atoms with E-state index < -0.39 is 6.29 Å². The molecule has 1 N–H and O–H groups in total. The van der Waals surface area contributed by atoms with E-state index in [1.165, 1.54) is 14.2 Å². The number of hydrogen-bond acceptors (Lipinski definition) is 4. The van der Waals surface area contributed by atoms with E-state index in [4.69, 9.17) is 9.47 Å². The van der Waals surface area contributed by atoms with Crippen molar-refractivity contribution in [1.82, 2.24) is 9.97 Å². The van der Waals surface area contributed by atoms with Crippen molar-refractivity contribution < 1.29 is 9.47 Å². The van der Waals surface area contributed by atoms with Crippen molar-refractivity contribution in [2.75, 3.05) is 14.2 Å². The molecule has 2 rings (SSSR count). The number of H-pyrrole nitrogens is 1. The predicted octanol–water partition coefficient (Wildman–Crippen LogP) is 1.21. The number of para-hydroxylation sites is 2. The van der Waals surface area contributed by atoms with Crippen LogP contribution in [0.15, 0.2) is 29.1 Å². The monoisotopic (exact) mass is 220 g/mol. The summed E-state index contributed by atoms with van der Waals surface area (Å²) >= 11 is 0. The minimum absolute atomic E-state index is 0.226. The second-order valence-electron chi connectivity index (χ2n) is 3.27. The number of hydrogen-bond donors (Lipinski definition) is 1. The van der Waals surface area contributed by atoms with E-state index in [0.717, 1.165) is 0 Å². The quantitative estimate of drug-likeness (QED) is 0.790. The normalized spacial score (nSPS) is 11.2. The lowest BCUT2D eigenvalue weighted by Gasteiger charge is -2.11. The highest BCUT2D eigenvalue weighted by atomic mass is 16.7. The fourth-order valence-electron chi connectivity index (χ4n) is 1.52. The van der Waals surface area contributed by atoms with Crippen molar-refractivity contribution in [3.63, 3.8) is 0 Å². The Labute approximate surface area is 92.0 Å². The second-order valence-corrected chi connectivity index (χ2v) is 3.27. The van der Waals surface area contributed by atoms with Gasteiger partial charge in [-0.15, -0.1) is 0 Å². The van der Waals surface area contributed by atoms with E-state index in [-0.39, 0.29) is 11.3 Å². The Bertz CT molecular complexity index is 546. The number of nitrogens with one attached hydrogen (secondary N) is 1. The molecule has 0 aliphatic rings. The summed E-state index contributed by atoms with van der Waals surface area (Å²) in [6.07, 6.45) is -0.742. The molecule has 5 heteroatoms. The standard InChI is InChI=1S/C11H12N2O3/c1-15-11(16-2)9-10(14)13-8-6-4-3-5-7(8)12-9/h3-6,11H,1-2H3,(H,13,14). The van der Waals surface area contributed by atoms with Crippen molar-refractivity contribution in [3.05, 3.63) is 40.3 Å². The summed E-state index contributed by atoms with van der Waals surface area (Å²) in [5, 5.41) is 0. The molecular weight excluding hydrogens is 208 g/mol. The summed E-state index contributed by atoms with van der Waals surface area (Å²) < 4.78 is 10.0. The molecule has 0 unspecified atom stereocenters. The molecule has 0 fully saturated rings. The Balaban J connectivity index is 2.62. The summed E-state index contributed by atoms with van der Waals surface area (Å²) in [5.74, 6) is 0. The summed E-state index contributed by atoms with van der Waals surface area (Å²) in [6, 6.07) is 7.30. The van der Waals surface area contributed by atoms with Crippen LogP contribution in [0, 0.1) is 0 Å². The smallest absolute Gasteiger partial charge is 0.275 e. The Morgan fingerprint density at radius 2 is 1.94 bits per heavy atom. The number of methoxy groups -OCH3 is 2. The van der Waals surface area contributed by atoms with Gasteiger partial charge < -0.3 is 14.5 Å². The molecule has 0 amide bonds. The van der Waals surface area contributed by atoms with E-state index in [1.54, 1.807) is 6.07 Å². The Morgan fingerprint density at radius 1 is 1.25 bits per heavy atom. The molecule has 84 valence electrons. The van der Waals surface area contributed by atoms with Gasteiger partial charge in [0.25, 0.3) is 5.56 Å². The van der Waals surface area contributed by atoms with Gasteiger partial charge in [0.15, 0.2) is 5.69 Å². The Hall–Kier alpha value is -1.72. The molecule has 2 aromatic rings. The van der Waals surface area contributed by atoms with Crippen LogP contribution < -0.4 is 5.56 Å². The lowest BCUT2D eigenvalue weighted by Crippen LogP contribution is -2.20.